The van der Waals surface area contributed by atoms with Crippen molar-refractivity contribution in [1.82, 2.24) is 10.2 Å². The van der Waals surface area contributed by atoms with Crippen LogP contribution in [0.5, 0.6) is 0 Å². The number of benzene rings is 1. The minimum Gasteiger partial charge on any atom is -0.357 e. The van der Waals surface area contributed by atoms with Gasteiger partial charge in [-0.15, -0.1) is 0 Å². The summed E-state index contributed by atoms with van der Waals surface area (Å²) in [7, 11) is 0. The summed E-state index contributed by atoms with van der Waals surface area (Å²) in [5.41, 5.74) is 1.36. The minimum absolute atomic E-state index is 0.779. The molecule has 110 valence electrons. The first-order valence-corrected chi connectivity index (χ1v) is 7.86. The van der Waals surface area contributed by atoms with Gasteiger partial charge in [0.05, 0.1) is 0 Å². The molecule has 2 rings (SSSR count). The number of aliphatic imine (C=N–C) groups is 1. The lowest BCUT2D eigenvalue weighted by molar-refractivity contribution is 0.266. The molecule has 0 aromatic heterocycles. The van der Waals surface area contributed by atoms with Gasteiger partial charge < -0.3 is 10.2 Å². The monoisotopic (exact) mass is 273 g/mol. The zero-order chi connectivity index (χ0) is 14.2. The maximum Gasteiger partial charge on any atom is 0.193 e. The predicted octanol–water partition coefficient (Wildman–Crippen LogP) is 2.93. The Labute approximate surface area is 123 Å². The lowest BCUT2D eigenvalue weighted by Gasteiger charge is -2.33. The van der Waals surface area contributed by atoms with E-state index in [2.05, 4.69) is 54.4 Å². The van der Waals surface area contributed by atoms with Gasteiger partial charge in [-0.05, 0) is 37.7 Å². The largest absolute Gasteiger partial charge is 0.357 e. The minimum atomic E-state index is 0.779. The van der Waals surface area contributed by atoms with Crippen molar-refractivity contribution in [3.05, 3.63) is 35.9 Å². The number of hydrogen-bond donors (Lipinski definition) is 1. The van der Waals surface area contributed by atoms with Crippen molar-refractivity contribution in [2.24, 2.45) is 10.9 Å². The van der Waals surface area contributed by atoms with Crippen LogP contribution in [0.1, 0.15) is 32.3 Å². The highest BCUT2D eigenvalue weighted by molar-refractivity contribution is 5.80. The fourth-order valence-electron chi connectivity index (χ4n) is 2.74. The highest BCUT2D eigenvalue weighted by Gasteiger charge is 2.18. The van der Waals surface area contributed by atoms with Gasteiger partial charge in [0, 0.05) is 26.2 Å². The van der Waals surface area contributed by atoms with Crippen LogP contribution in [-0.2, 0) is 6.42 Å². The van der Waals surface area contributed by atoms with Gasteiger partial charge in [-0.2, -0.15) is 0 Å². The second kappa shape index (κ2) is 7.93. The molecule has 1 fully saturated rings. The van der Waals surface area contributed by atoms with Crippen LogP contribution in [0.2, 0.25) is 0 Å². The smallest absolute Gasteiger partial charge is 0.193 e. The standard InChI is InChI=1S/C17H27N3/c1-3-18-17(20-13-7-8-15(2)14-20)19-12-11-16-9-5-4-6-10-16/h4-6,9-10,15H,3,7-8,11-14H2,1-2H3,(H,18,19). The van der Waals surface area contributed by atoms with E-state index in [1.807, 2.05) is 0 Å². The Bertz CT molecular complexity index is 414. The van der Waals surface area contributed by atoms with Crippen LogP contribution in [0.3, 0.4) is 0 Å². The molecule has 0 aliphatic carbocycles. The Morgan fingerprint density at radius 2 is 2.15 bits per heavy atom. The molecule has 1 unspecified atom stereocenters. The molecule has 0 spiro atoms. The first-order valence-electron chi connectivity index (χ1n) is 7.86. The highest BCUT2D eigenvalue weighted by atomic mass is 15.3. The van der Waals surface area contributed by atoms with Gasteiger partial charge in [-0.25, -0.2) is 0 Å². The van der Waals surface area contributed by atoms with Gasteiger partial charge in [0.2, 0.25) is 0 Å². The van der Waals surface area contributed by atoms with E-state index < -0.39 is 0 Å². The first kappa shape index (κ1) is 14.9. The SMILES string of the molecule is CCNC(=NCCc1ccccc1)N1CCCC(C)C1. The summed E-state index contributed by atoms with van der Waals surface area (Å²) in [6.07, 6.45) is 3.64. The molecule has 1 aromatic carbocycles. The molecule has 0 amide bonds. The Morgan fingerprint density at radius 1 is 1.35 bits per heavy atom. The molecule has 1 aliphatic rings. The fraction of sp³-hybridized carbons (Fsp3) is 0.588. The van der Waals surface area contributed by atoms with Gasteiger partial charge in [0.1, 0.15) is 0 Å². The van der Waals surface area contributed by atoms with Gasteiger partial charge in [-0.3, -0.25) is 4.99 Å². The lowest BCUT2D eigenvalue weighted by Crippen LogP contribution is -2.46. The van der Waals surface area contributed by atoms with Crippen molar-refractivity contribution >= 4 is 5.96 Å². The van der Waals surface area contributed by atoms with Gasteiger partial charge >= 0.3 is 0 Å². The summed E-state index contributed by atoms with van der Waals surface area (Å²) in [5, 5.41) is 3.44. The predicted molar refractivity (Wildman–Crippen MR) is 86.1 cm³/mol. The average Bonchev–Trinajstić information content (AvgIpc) is 2.47. The first-order chi connectivity index (χ1) is 9.79. The van der Waals surface area contributed by atoms with Crippen molar-refractivity contribution in [3.8, 4) is 0 Å². The van der Waals surface area contributed by atoms with Gasteiger partial charge in [-0.1, -0.05) is 37.3 Å². The molecule has 3 nitrogen and oxygen atoms in total. The molecular formula is C17H27N3. The molecule has 0 bridgehead atoms. The summed E-state index contributed by atoms with van der Waals surface area (Å²) in [5.74, 6) is 1.87. The molecule has 1 heterocycles. The van der Waals surface area contributed by atoms with Crippen LogP contribution < -0.4 is 5.32 Å². The van der Waals surface area contributed by atoms with E-state index in [-0.39, 0.29) is 0 Å². The van der Waals surface area contributed by atoms with E-state index >= 15 is 0 Å². The second-order valence-corrected chi connectivity index (χ2v) is 5.66. The summed E-state index contributed by atoms with van der Waals surface area (Å²) < 4.78 is 0. The zero-order valence-corrected chi connectivity index (χ0v) is 12.8. The number of nitrogens with one attached hydrogen (secondary N) is 1. The number of guanidine groups is 1. The summed E-state index contributed by atoms with van der Waals surface area (Å²) >= 11 is 0. The van der Waals surface area contributed by atoms with Crippen molar-refractivity contribution in [3.63, 3.8) is 0 Å². The molecule has 1 N–H and O–H groups in total. The molecule has 1 aliphatic heterocycles. The van der Waals surface area contributed by atoms with E-state index in [4.69, 9.17) is 4.99 Å². The second-order valence-electron chi connectivity index (χ2n) is 5.66. The number of rotatable bonds is 4. The Balaban J connectivity index is 1.91. The van der Waals surface area contributed by atoms with Crippen LogP contribution in [0.15, 0.2) is 35.3 Å². The third kappa shape index (κ3) is 4.55. The quantitative estimate of drug-likeness (QED) is 0.675. The van der Waals surface area contributed by atoms with E-state index in [1.165, 1.54) is 18.4 Å². The zero-order valence-electron chi connectivity index (χ0n) is 12.8. The van der Waals surface area contributed by atoms with Crippen LogP contribution >= 0.6 is 0 Å². The molecular weight excluding hydrogens is 246 g/mol. The maximum atomic E-state index is 4.80. The normalized spacial score (nSPS) is 20.0. The molecule has 3 heteroatoms. The Hall–Kier alpha value is -1.51. The molecule has 0 radical (unpaired) electrons. The van der Waals surface area contributed by atoms with E-state index in [1.54, 1.807) is 0 Å². The fourth-order valence-corrected chi connectivity index (χ4v) is 2.74. The maximum absolute atomic E-state index is 4.80. The molecule has 0 saturated carbocycles. The molecule has 20 heavy (non-hydrogen) atoms. The topological polar surface area (TPSA) is 27.6 Å². The lowest BCUT2D eigenvalue weighted by atomic mass is 10.0. The van der Waals surface area contributed by atoms with Crippen LogP contribution in [0, 0.1) is 5.92 Å². The third-order valence-electron chi connectivity index (χ3n) is 3.80. The Morgan fingerprint density at radius 3 is 2.85 bits per heavy atom. The average molecular weight is 273 g/mol. The van der Waals surface area contributed by atoms with Crippen LogP contribution in [0.25, 0.3) is 0 Å². The summed E-state index contributed by atoms with van der Waals surface area (Å²) in [6.45, 7) is 8.55. The van der Waals surface area contributed by atoms with E-state index in [0.29, 0.717) is 0 Å². The van der Waals surface area contributed by atoms with Gasteiger partial charge in [0.25, 0.3) is 0 Å². The van der Waals surface area contributed by atoms with Crippen molar-refractivity contribution in [2.45, 2.75) is 33.1 Å². The van der Waals surface area contributed by atoms with Crippen LogP contribution in [-0.4, -0.2) is 37.0 Å². The number of hydrogen-bond acceptors (Lipinski definition) is 1. The number of nitrogens with zero attached hydrogens (tertiary/aromatic N) is 2. The van der Waals surface area contributed by atoms with E-state index in [0.717, 1.165) is 44.5 Å². The van der Waals surface area contributed by atoms with Crippen LogP contribution in [0.4, 0.5) is 0 Å². The number of piperidine rings is 1. The summed E-state index contributed by atoms with van der Waals surface area (Å²) in [4.78, 5) is 7.22. The highest BCUT2D eigenvalue weighted by Crippen LogP contribution is 2.15. The van der Waals surface area contributed by atoms with E-state index in [9.17, 15) is 0 Å². The summed E-state index contributed by atoms with van der Waals surface area (Å²) in [6, 6.07) is 10.6. The molecule has 1 saturated heterocycles. The van der Waals surface area contributed by atoms with Gasteiger partial charge in [0.15, 0.2) is 5.96 Å². The molecule has 1 aromatic rings. The molecule has 1 atom stereocenters. The van der Waals surface area contributed by atoms with Crippen molar-refractivity contribution in [2.75, 3.05) is 26.2 Å². The Kier molecular flexibility index (Phi) is 5.90. The number of likely N-dealkylation sites (tertiary alicyclic amines) is 1. The van der Waals surface area contributed by atoms with Crippen molar-refractivity contribution < 1.29 is 0 Å². The third-order valence-corrected chi connectivity index (χ3v) is 3.80. The van der Waals surface area contributed by atoms with Crippen molar-refractivity contribution in [1.29, 1.82) is 0 Å².